The summed E-state index contributed by atoms with van der Waals surface area (Å²) in [6, 6.07) is 10.9. The van der Waals surface area contributed by atoms with Crippen LogP contribution in [0.3, 0.4) is 0 Å². The highest BCUT2D eigenvalue weighted by atomic mass is 35.5. The quantitative estimate of drug-likeness (QED) is 0.446. The highest BCUT2D eigenvalue weighted by molar-refractivity contribution is 6.33. The summed E-state index contributed by atoms with van der Waals surface area (Å²) in [6.45, 7) is 1.71. The van der Waals surface area contributed by atoms with Crippen LogP contribution in [0.25, 0.3) is 6.08 Å². The predicted molar refractivity (Wildman–Crippen MR) is 113 cm³/mol. The first-order chi connectivity index (χ1) is 14.9. The van der Waals surface area contributed by atoms with Gasteiger partial charge in [0.1, 0.15) is 5.57 Å². The minimum atomic E-state index is -0.891. The number of para-hydroxylation sites is 1. The van der Waals surface area contributed by atoms with E-state index in [1.165, 1.54) is 18.2 Å². The van der Waals surface area contributed by atoms with Crippen LogP contribution in [0, 0.1) is 0 Å². The molecule has 0 aromatic heterocycles. The van der Waals surface area contributed by atoms with Crippen LogP contribution in [-0.4, -0.2) is 37.0 Å². The van der Waals surface area contributed by atoms with Crippen LogP contribution in [0.2, 0.25) is 5.02 Å². The minimum Gasteiger partial charge on any atom is -0.490 e. The molecule has 0 unspecified atom stereocenters. The third kappa shape index (κ3) is 5.61. The fourth-order valence-corrected chi connectivity index (χ4v) is 2.98. The molecule has 0 spiro atoms. The monoisotopic (exact) mass is 443 g/mol. The molecule has 9 nitrogen and oxygen atoms in total. The van der Waals surface area contributed by atoms with Gasteiger partial charge in [0.05, 0.1) is 11.6 Å². The summed E-state index contributed by atoms with van der Waals surface area (Å²) in [5.41, 5.74) is 0.718. The smallest absolute Gasteiger partial charge is 0.328 e. The van der Waals surface area contributed by atoms with Gasteiger partial charge < -0.3 is 14.8 Å². The second-order valence-corrected chi connectivity index (χ2v) is 6.67. The molecular formula is C21H18ClN3O6. The molecule has 5 amide bonds. The zero-order valence-corrected chi connectivity index (χ0v) is 17.1. The van der Waals surface area contributed by atoms with Crippen LogP contribution >= 0.6 is 11.6 Å². The topological polar surface area (TPSA) is 123 Å². The molecular weight excluding hydrogens is 426 g/mol. The van der Waals surface area contributed by atoms with Crippen molar-refractivity contribution in [1.29, 1.82) is 0 Å². The number of urea groups is 1. The van der Waals surface area contributed by atoms with E-state index >= 15 is 0 Å². The number of ether oxygens (including phenoxy) is 2. The molecule has 3 rings (SSSR count). The molecule has 2 aromatic rings. The van der Waals surface area contributed by atoms with E-state index in [4.69, 9.17) is 21.1 Å². The standard InChI is InChI=1S/C21H18ClN3O6/c1-2-30-16-10-12(8-14-19(27)24-21(29)25-20(14)28)9-15(22)18(16)31-11-17(26)23-13-6-4-3-5-7-13/h3-10H,2,11H2,1H3,(H,23,26)(H2,24,25,27,28,29). The number of rotatable bonds is 7. The lowest BCUT2D eigenvalue weighted by Crippen LogP contribution is -2.51. The van der Waals surface area contributed by atoms with Crippen molar-refractivity contribution in [2.45, 2.75) is 6.92 Å². The van der Waals surface area contributed by atoms with Crippen LogP contribution in [0.15, 0.2) is 48.0 Å². The van der Waals surface area contributed by atoms with Gasteiger partial charge in [-0.15, -0.1) is 0 Å². The van der Waals surface area contributed by atoms with E-state index in [0.29, 0.717) is 11.3 Å². The van der Waals surface area contributed by atoms with Crippen LogP contribution in [0.4, 0.5) is 10.5 Å². The van der Waals surface area contributed by atoms with Crippen LogP contribution in [0.5, 0.6) is 11.5 Å². The second kappa shape index (κ2) is 9.77. The number of halogens is 1. The zero-order valence-electron chi connectivity index (χ0n) is 16.4. The number of carbonyl (C=O) groups excluding carboxylic acids is 4. The maximum atomic E-state index is 12.1. The Labute approximate surface area is 182 Å². The molecule has 3 N–H and O–H groups in total. The number of hydrogen-bond acceptors (Lipinski definition) is 6. The molecule has 1 saturated heterocycles. The maximum Gasteiger partial charge on any atom is 0.328 e. The highest BCUT2D eigenvalue weighted by Gasteiger charge is 2.28. The van der Waals surface area contributed by atoms with Crippen molar-refractivity contribution in [1.82, 2.24) is 10.6 Å². The fraction of sp³-hybridized carbons (Fsp3) is 0.143. The maximum absolute atomic E-state index is 12.1. The molecule has 0 atom stereocenters. The van der Waals surface area contributed by atoms with Gasteiger partial charge in [0.25, 0.3) is 17.7 Å². The average Bonchev–Trinajstić information content (AvgIpc) is 2.71. The van der Waals surface area contributed by atoms with E-state index < -0.39 is 23.8 Å². The summed E-state index contributed by atoms with van der Waals surface area (Å²) in [6.07, 6.45) is 1.26. The van der Waals surface area contributed by atoms with Gasteiger partial charge >= 0.3 is 6.03 Å². The number of nitrogens with one attached hydrogen (secondary N) is 3. The Morgan fingerprint density at radius 3 is 2.39 bits per heavy atom. The fourth-order valence-electron chi connectivity index (χ4n) is 2.70. The van der Waals surface area contributed by atoms with Crippen LogP contribution in [0.1, 0.15) is 12.5 Å². The van der Waals surface area contributed by atoms with Crippen molar-refractivity contribution in [2.75, 3.05) is 18.5 Å². The van der Waals surface area contributed by atoms with Crippen molar-refractivity contribution >= 4 is 47.1 Å². The third-order valence-corrected chi connectivity index (χ3v) is 4.27. The molecule has 0 radical (unpaired) electrons. The van der Waals surface area contributed by atoms with Gasteiger partial charge in [0.2, 0.25) is 0 Å². The summed E-state index contributed by atoms with van der Waals surface area (Å²) in [7, 11) is 0. The molecule has 2 aromatic carbocycles. The number of barbiturate groups is 1. The molecule has 0 bridgehead atoms. The second-order valence-electron chi connectivity index (χ2n) is 6.26. The van der Waals surface area contributed by atoms with Gasteiger partial charge in [0.15, 0.2) is 18.1 Å². The summed E-state index contributed by atoms with van der Waals surface area (Å²) in [5, 5.41) is 6.77. The molecule has 0 aliphatic carbocycles. The molecule has 0 saturated carbocycles. The average molecular weight is 444 g/mol. The Kier molecular flexibility index (Phi) is 6.88. The van der Waals surface area contributed by atoms with Gasteiger partial charge in [-0.2, -0.15) is 0 Å². The van der Waals surface area contributed by atoms with E-state index in [9.17, 15) is 19.2 Å². The summed E-state index contributed by atoms with van der Waals surface area (Å²) in [4.78, 5) is 47.2. The van der Waals surface area contributed by atoms with Gasteiger partial charge in [-0.3, -0.25) is 25.0 Å². The van der Waals surface area contributed by atoms with E-state index in [2.05, 4.69) is 5.32 Å². The largest absolute Gasteiger partial charge is 0.490 e. The first kappa shape index (κ1) is 21.8. The normalized spacial score (nSPS) is 13.2. The summed E-state index contributed by atoms with van der Waals surface area (Å²) >= 11 is 6.31. The Bertz CT molecular complexity index is 1050. The predicted octanol–water partition coefficient (Wildman–Crippen LogP) is 2.51. The molecule has 1 heterocycles. The number of imide groups is 2. The number of benzene rings is 2. The number of hydrogen-bond donors (Lipinski definition) is 3. The molecule has 31 heavy (non-hydrogen) atoms. The van der Waals surface area contributed by atoms with Crippen LogP contribution < -0.4 is 25.4 Å². The summed E-state index contributed by atoms with van der Waals surface area (Å²) < 4.78 is 11.1. The lowest BCUT2D eigenvalue weighted by molar-refractivity contribution is -0.124. The van der Waals surface area contributed by atoms with Crippen molar-refractivity contribution in [3.63, 3.8) is 0 Å². The third-order valence-electron chi connectivity index (χ3n) is 3.99. The Morgan fingerprint density at radius 1 is 1.06 bits per heavy atom. The first-order valence-electron chi connectivity index (χ1n) is 9.19. The summed E-state index contributed by atoms with van der Waals surface area (Å²) in [5.74, 6) is -1.69. The van der Waals surface area contributed by atoms with E-state index in [-0.39, 0.29) is 35.3 Å². The van der Waals surface area contributed by atoms with Gasteiger partial charge in [-0.1, -0.05) is 29.8 Å². The number of anilines is 1. The van der Waals surface area contributed by atoms with E-state index in [1.807, 2.05) is 16.7 Å². The Hall–Kier alpha value is -3.85. The number of carbonyl (C=O) groups is 4. The van der Waals surface area contributed by atoms with Crippen molar-refractivity contribution < 1.29 is 28.7 Å². The van der Waals surface area contributed by atoms with Gasteiger partial charge in [-0.25, -0.2) is 4.79 Å². The minimum absolute atomic E-state index is 0.109. The van der Waals surface area contributed by atoms with Crippen molar-refractivity contribution in [3.05, 3.63) is 58.6 Å². The first-order valence-corrected chi connectivity index (χ1v) is 9.57. The molecule has 1 aliphatic rings. The van der Waals surface area contributed by atoms with E-state index in [0.717, 1.165) is 0 Å². The molecule has 10 heteroatoms. The molecule has 1 fully saturated rings. The lowest BCUT2D eigenvalue weighted by atomic mass is 10.1. The van der Waals surface area contributed by atoms with E-state index in [1.54, 1.807) is 31.2 Å². The van der Waals surface area contributed by atoms with Crippen LogP contribution in [-0.2, 0) is 14.4 Å². The lowest BCUT2D eigenvalue weighted by Gasteiger charge is -2.16. The Balaban J connectivity index is 1.79. The highest BCUT2D eigenvalue weighted by Crippen LogP contribution is 2.37. The van der Waals surface area contributed by atoms with Crippen molar-refractivity contribution in [3.8, 4) is 11.5 Å². The van der Waals surface area contributed by atoms with Gasteiger partial charge in [-0.05, 0) is 42.8 Å². The Morgan fingerprint density at radius 2 is 1.74 bits per heavy atom. The van der Waals surface area contributed by atoms with Gasteiger partial charge in [0, 0.05) is 5.69 Å². The van der Waals surface area contributed by atoms with Crippen molar-refractivity contribution in [2.24, 2.45) is 0 Å². The molecule has 160 valence electrons. The SMILES string of the molecule is CCOc1cc(C=C2C(=O)NC(=O)NC2=O)cc(Cl)c1OCC(=O)Nc1ccccc1. The number of amides is 5. The zero-order chi connectivity index (χ0) is 22.4. The molecule has 1 aliphatic heterocycles.